The molecule has 0 aliphatic heterocycles. The first-order chi connectivity index (χ1) is 10.8. The SMILES string of the molecule is CC(C)(C)P(C[c-]1ccc([Si](C)(C)C)c1)C(C)(C)C.[Fe].[cH-]1[cH-][cH-][cH-][cH-]1. The van der Waals surface area contributed by atoms with Crippen molar-refractivity contribution < 1.29 is 17.1 Å². The van der Waals surface area contributed by atoms with Crippen molar-refractivity contribution in [2.45, 2.75) is 77.7 Å². The van der Waals surface area contributed by atoms with Gasteiger partial charge in [0.25, 0.3) is 0 Å². The van der Waals surface area contributed by atoms with E-state index in [2.05, 4.69) is 79.4 Å². The Morgan fingerprint density at radius 3 is 1.56 bits per heavy atom. The standard InChI is InChI=1S/C17H32PSi.C5H5.Fe/c1-16(2,3)18(17(4,5)6)13-14-10-11-15(12-14)19(7,8)9;1-2-4-5-3-1;/h10-12H,13H2,1-9H3;1-5H;/q-1;-5;. The van der Waals surface area contributed by atoms with Crippen molar-refractivity contribution in [1.82, 2.24) is 0 Å². The van der Waals surface area contributed by atoms with Gasteiger partial charge in [-0.15, -0.1) is 7.92 Å². The second-order valence-electron chi connectivity index (χ2n) is 9.65. The van der Waals surface area contributed by atoms with E-state index in [1.54, 1.807) is 10.8 Å². The summed E-state index contributed by atoms with van der Waals surface area (Å²) in [5, 5.41) is 2.45. The summed E-state index contributed by atoms with van der Waals surface area (Å²) in [4.78, 5) is 0. The molecule has 0 fully saturated rings. The average Bonchev–Trinajstić information content (AvgIpc) is 3.07. The smallest absolute Gasteiger partial charge is 0.00393 e. The van der Waals surface area contributed by atoms with Gasteiger partial charge in [0.05, 0.1) is 0 Å². The fourth-order valence-corrected chi connectivity index (χ4v) is 7.77. The zero-order chi connectivity index (χ0) is 18.6. The molecule has 0 saturated heterocycles. The Morgan fingerprint density at radius 2 is 1.28 bits per heavy atom. The fraction of sp³-hybridized carbons (Fsp3) is 0.545. The Bertz CT molecular complexity index is 546. The van der Waals surface area contributed by atoms with Gasteiger partial charge in [-0.25, -0.2) is 11.3 Å². The maximum Gasteiger partial charge on any atom is 0.00393 e. The van der Waals surface area contributed by atoms with E-state index in [4.69, 9.17) is 0 Å². The van der Waals surface area contributed by atoms with Crippen LogP contribution in [0.4, 0.5) is 0 Å². The summed E-state index contributed by atoms with van der Waals surface area (Å²) >= 11 is 0. The second-order valence-corrected chi connectivity index (χ2v) is 18.6. The van der Waals surface area contributed by atoms with E-state index < -0.39 is 8.07 Å². The molecule has 0 unspecified atom stereocenters. The van der Waals surface area contributed by atoms with Crippen molar-refractivity contribution in [2.75, 3.05) is 0 Å². The molecule has 0 heterocycles. The Morgan fingerprint density at radius 1 is 0.880 bits per heavy atom. The van der Waals surface area contributed by atoms with E-state index in [9.17, 15) is 0 Å². The number of rotatable bonds is 3. The third-order valence-electron chi connectivity index (χ3n) is 4.20. The van der Waals surface area contributed by atoms with Crippen molar-refractivity contribution in [2.24, 2.45) is 0 Å². The zero-order valence-electron chi connectivity index (χ0n) is 17.6. The minimum Gasteiger partial charge on any atom is -0.748 e. The van der Waals surface area contributed by atoms with Crippen LogP contribution >= 0.6 is 7.92 Å². The molecule has 0 atom stereocenters. The summed E-state index contributed by atoms with van der Waals surface area (Å²) in [6.45, 7) is 21.8. The quantitative estimate of drug-likeness (QED) is 0.289. The van der Waals surface area contributed by atoms with Crippen molar-refractivity contribution in [3.63, 3.8) is 0 Å². The predicted molar refractivity (Wildman–Crippen MR) is 117 cm³/mol. The van der Waals surface area contributed by atoms with Crippen LogP contribution in [0.1, 0.15) is 47.1 Å². The van der Waals surface area contributed by atoms with Crippen LogP contribution in [0, 0.1) is 0 Å². The van der Waals surface area contributed by atoms with Crippen molar-refractivity contribution in [3.05, 3.63) is 54.1 Å². The molecule has 0 aromatic heterocycles. The van der Waals surface area contributed by atoms with Crippen LogP contribution in [0.15, 0.2) is 48.5 Å². The maximum absolute atomic E-state index is 2.49. The molecule has 148 valence electrons. The van der Waals surface area contributed by atoms with Gasteiger partial charge in [0, 0.05) is 25.1 Å². The Kier molecular flexibility index (Phi) is 9.65. The van der Waals surface area contributed by atoms with Gasteiger partial charge in [0.1, 0.15) is 0 Å². The first-order valence-corrected chi connectivity index (χ1v) is 14.0. The second kappa shape index (κ2) is 9.70. The van der Waals surface area contributed by atoms with Crippen LogP contribution in [-0.4, -0.2) is 18.4 Å². The Balaban J connectivity index is 0.000000820. The Hall–Kier alpha value is -0.134. The monoisotopic (exact) mass is 416 g/mol. The molecule has 2 aromatic carbocycles. The molecule has 0 bridgehead atoms. The summed E-state index contributed by atoms with van der Waals surface area (Å²) in [5.74, 6) is 0. The van der Waals surface area contributed by atoms with Crippen molar-refractivity contribution >= 4 is 21.2 Å². The summed E-state index contributed by atoms with van der Waals surface area (Å²) in [6.07, 6.45) is 1.27. The summed E-state index contributed by atoms with van der Waals surface area (Å²) in [6, 6.07) is 17.2. The average molecular weight is 416 g/mol. The van der Waals surface area contributed by atoms with Gasteiger partial charge in [0.15, 0.2) is 0 Å². The van der Waals surface area contributed by atoms with E-state index in [0.29, 0.717) is 10.3 Å². The molecule has 0 amide bonds. The van der Waals surface area contributed by atoms with E-state index in [-0.39, 0.29) is 25.0 Å². The van der Waals surface area contributed by atoms with E-state index in [0.717, 1.165) is 0 Å². The minimum absolute atomic E-state index is 0. The third-order valence-corrected chi connectivity index (χ3v) is 10.2. The molecule has 0 spiro atoms. The molecule has 2 rings (SSSR count). The van der Waals surface area contributed by atoms with Crippen molar-refractivity contribution in [1.29, 1.82) is 0 Å². The minimum atomic E-state index is -1.15. The van der Waals surface area contributed by atoms with E-state index in [1.807, 2.05) is 30.3 Å². The first kappa shape index (κ1) is 24.9. The van der Waals surface area contributed by atoms with Gasteiger partial charge in [-0.3, -0.25) is 0 Å². The number of hydrogen-bond acceptors (Lipinski definition) is 0. The molecule has 0 aliphatic rings. The first-order valence-electron chi connectivity index (χ1n) is 9.02. The molecule has 0 nitrogen and oxygen atoms in total. The number of hydrogen-bond donors (Lipinski definition) is 0. The van der Waals surface area contributed by atoms with Gasteiger partial charge in [0.2, 0.25) is 0 Å². The van der Waals surface area contributed by atoms with Crippen molar-refractivity contribution in [3.8, 4) is 0 Å². The predicted octanol–water partition coefficient (Wildman–Crippen LogP) is 6.93. The largest absolute Gasteiger partial charge is 0.748 e. The van der Waals surface area contributed by atoms with Crippen LogP contribution in [0.2, 0.25) is 19.6 Å². The van der Waals surface area contributed by atoms with Gasteiger partial charge in [-0.05, 0) is 10.3 Å². The summed E-state index contributed by atoms with van der Waals surface area (Å²) < 4.78 is 0. The Labute approximate surface area is 169 Å². The zero-order valence-corrected chi connectivity index (χ0v) is 20.6. The van der Waals surface area contributed by atoms with Crippen LogP contribution in [-0.2, 0) is 23.2 Å². The normalized spacial score (nSPS) is 12.4. The molecule has 0 radical (unpaired) electrons. The molecular weight excluding hydrogens is 379 g/mol. The maximum atomic E-state index is 2.49. The third kappa shape index (κ3) is 8.87. The van der Waals surface area contributed by atoms with E-state index >= 15 is 0 Å². The van der Waals surface area contributed by atoms with Gasteiger partial charge in [-0.2, -0.15) is 17.7 Å². The van der Waals surface area contributed by atoms with Crippen LogP contribution in [0.5, 0.6) is 0 Å². The topological polar surface area (TPSA) is 0 Å². The molecule has 0 aliphatic carbocycles. The van der Waals surface area contributed by atoms with Crippen LogP contribution in [0.25, 0.3) is 0 Å². The molecule has 2 aromatic rings. The molecule has 0 N–H and O–H groups in total. The molecule has 3 heteroatoms. The summed E-state index contributed by atoms with van der Waals surface area (Å²) in [5.41, 5.74) is 1.56. The van der Waals surface area contributed by atoms with Gasteiger partial charge in [-0.1, -0.05) is 67.3 Å². The van der Waals surface area contributed by atoms with Gasteiger partial charge < -0.3 is 30.3 Å². The van der Waals surface area contributed by atoms with Gasteiger partial charge >= 0.3 is 0 Å². The van der Waals surface area contributed by atoms with E-state index in [1.165, 1.54) is 6.16 Å². The van der Waals surface area contributed by atoms with Crippen LogP contribution in [0.3, 0.4) is 0 Å². The molecule has 0 saturated carbocycles. The molecular formula is C22H37FePSi-6. The van der Waals surface area contributed by atoms with Crippen LogP contribution < -0.4 is 5.19 Å². The molecule has 25 heavy (non-hydrogen) atoms. The summed E-state index contributed by atoms with van der Waals surface area (Å²) in [7, 11) is -1.17. The fourth-order valence-electron chi connectivity index (χ4n) is 3.04.